The number of aryl methyl sites for hydroxylation is 1. The molecule has 2 aromatic rings. The lowest BCUT2D eigenvalue weighted by Crippen LogP contribution is -2.42. The maximum atomic E-state index is 12.9. The summed E-state index contributed by atoms with van der Waals surface area (Å²) >= 11 is 0. The van der Waals surface area contributed by atoms with Gasteiger partial charge in [0.05, 0.1) is 17.9 Å². The molecule has 3 heterocycles. The fourth-order valence-corrected chi connectivity index (χ4v) is 5.11. The lowest BCUT2D eigenvalue weighted by Gasteiger charge is -2.40. The molecule has 0 bridgehead atoms. The summed E-state index contributed by atoms with van der Waals surface area (Å²) in [6.07, 6.45) is 0. The molecule has 154 valence electrons. The summed E-state index contributed by atoms with van der Waals surface area (Å²) < 4.78 is 10.8. The van der Waals surface area contributed by atoms with Gasteiger partial charge in [0.2, 0.25) is 0 Å². The van der Waals surface area contributed by atoms with Gasteiger partial charge in [-0.2, -0.15) is 0 Å². The third-order valence-electron chi connectivity index (χ3n) is 6.36. The Labute approximate surface area is 171 Å². The Bertz CT molecular complexity index is 955. The van der Waals surface area contributed by atoms with Crippen LogP contribution in [0.2, 0.25) is 0 Å². The third kappa shape index (κ3) is 3.35. The Morgan fingerprint density at radius 2 is 2.00 bits per heavy atom. The number of benzene rings is 1. The van der Waals surface area contributed by atoms with Gasteiger partial charge in [0.25, 0.3) is 0 Å². The largest absolute Gasteiger partial charge is 0.465 e. The second kappa shape index (κ2) is 7.67. The van der Waals surface area contributed by atoms with Crippen molar-refractivity contribution in [1.29, 1.82) is 0 Å². The second-order valence-corrected chi connectivity index (χ2v) is 8.14. The first-order valence-corrected chi connectivity index (χ1v) is 10.2. The molecule has 1 aromatic carbocycles. The number of carbonyl (C=O) groups excluding carboxylic acids is 1. The van der Waals surface area contributed by atoms with Crippen molar-refractivity contribution in [3.63, 3.8) is 0 Å². The zero-order valence-electron chi connectivity index (χ0n) is 17.4. The minimum atomic E-state index is -0.366. The van der Waals surface area contributed by atoms with E-state index in [9.17, 15) is 9.59 Å². The van der Waals surface area contributed by atoms with E-state index in [1.807, 2.05) is 43.1 Å². The Balaban J connectivity index is 1.78. The lowest BCUT2D eigenvalue weighted by atomic mass is 9.82. The number of fused-ring (bicyclic) bond motifs is 3. The number of anilines is 1. The normalized spacial score (nSPS) is 26.1. The number of likely N-dealkylation sites (N-methyl/N-ethyl adjacent to an activating group) is 1. The molecule has 0 amide bonds. The average Bonchev–Trinajstić information content (AvgIpc) is 2.93. The molecule has 6 nitrogen and oxygen atoms in total. The predicted octanol–water partition coefficient (Wildman–Crippen LogP) is 3.14. The second-order valence-electron chi connectivity index (χ2n) is 8.14. The van der Waals surface area contributed by atoms with E-state index in [0.717, 1.165) is 12.2 Å². The van der Waals surface area contributed by atoms with E-state index in [0.29, 0.717) is 24.5 Å². The van der Waals surface area contributed by atoms with Crippen LogP contribution in [-0.2, 0) is 16.1 Å². The maximum Gasteiger partial charge on any atom is 0.342 e. The van der Waals surface area contributed by atoms with Gasteiger partial charge < -0.3 is 14.1 Å². The van der Waals surface area contributed by atoms with Crippen LogP contribution in [0.5, 0.6) is 0 Å². The average molecular weight is 396 g/mol. The molecule has 1 saturated heterocycles. The van der Waals surface area contributed by atoms with Crippen molar-refractivity contribution < 1.29 is 13.9 Å². The SMILES string of the molecule is CCOC(=O)[C@@H]1C(C)C2CN(Cc3ccccc3)c3cc(C)oc(=O)c3C2N1C. The van der Waals surface area contributed by atoms with Crippen LogP contribution in [-0.4, -0.2) is 37.1 Å². The highest BCUT2D eigenvalue weighted by Gasteiger charge is 2.53. The molecule has 1 fully saturated rings. The van der Waals surface area contributed by atoms with Crippen LogP contribution < -0.4 is 10.5 Å². The van der Waals surface area contributed by atoms with E-state index in [-0.39, 0.29) is 35.5 Å². The van der Waals surface area contributed by atoms with E-state index in [1.54, 1.807) is 6.92 Å². The molecule has 0 spiro atoms. The van der Waals surface area contributed by atoms with Crippen LogP contribution in [0, 0.1) is 18.8 Å². The highest BCUT2D eigenvalue weighted by Crippen LogP contribution is 2.49. The van der Waals surface area contributed by atoms with Crippen LogP contribution in [0.15, 0.2) is 45.6 Å². The Morgan fingerprint density at radius 3 is 2.69 bits per heavy atom. The number of ether oxygens (including phenoxy) is 1. The fourth-order valence-electron chi connectivity index (χ4n) is 5.11. The van der Waals surface area contributed by atoms with Crippen LogP contribution in [0.1, 0.15) is 36.8 Å². The van der Waals surface area contributed by atoms with Crippen molar-refractivity contribution in [2.24, 2.45) is 11.8 Å². The predicted molar refractivity (Wildman–Crippen MR) is 111 cm³/mol. The van der Waals surface area contributed by atoms with Gasteiger partial charge in [-0.3, -0.25) is 9.69 Å². The van der Waals surface area contributed by atoms with Gasteiger partial charge in [0.1, 0.15) is 11.8 Å². The number of carbonyl (C=O) groups is 1. The summed E-state index contributed by atoms with van der Waals surface area (Å²) in [7, 11) is 1.92. The standard InChI is InChI=1S/C23H28N2O4/c1-5-28-23(27)20-15(3)17-13-25(12-16-9-7-6-8-10-16)18-11-14(2)29-22(26)19(18)21(17)24(20)4/h6-11,15,17,20-21H,5,12-13H2,1-4H3/t15?,17?,20-,21?/m0/s1. The number of hydrogen-bond acceptors (Lipinski definition) is 6. The first kappa shape index (κ1) is 19.7. The van der Waals surface area contributed by atoms with Gasteiger partial charge in [-0.15, -0.1) is 0 Å². The molecular weight excluding hydrogens is 368 g/mol. The van der Waals surface area contributed by atoms with Gasteiger partial charge >= 0.3 is 11.6 Å². The van der Waals surface area contributed by atoms with E-state index >= 15 is 0 Å². The smallest absolute Gasteiger partial charge is 0.342 e. The van der Waals surface area contributed by atoms with Crippen molar-refractivity contribution in [2.45, 2.75) is 39.4 Å². The Kier molecular flexibility index (Phi) is 5.21. The molecule has 0 N–H and O–H groups in total. The van der Waals surface area contributed by atoms with Gasteiger partial charge in [-0.05, 0) is 32.4 Å². The van der Waals surface area contributed by atoms with Gasteiger partial charge in [0.15, 0.2) is 0 Å². The first-order valence-electron chi connectivity index (χ1n) is 10.2. The summed E-state index contributed by atoms with van der Waals surface area (Å²) in [6.45, 7) is 7.54. The highest BCUT2D eigenvalue weighted by atomic mass is 16.5. The van der Waals surface area contributed by atoms with Crippen molar-refractivity contribution in [3.8, 4) is 0 Å². The Morgan fingerprint density at radius 1 is 1.28 bits per heavy atom. The van der Waals surface area contributed by atoms with E-state index < -0.39 is 0 Å². The zero-order chi connectivity index (χ0) is 20.7. The van der Waals surface area contributed by atoms with E-state index in [2.05, 4.69) is 24.0 Å². The van der Waals surface area contributed by atoms with Crippen LogP contribution in [0.25, 0.3) is 0 Å². The molecule has 4 atom stereocenters. The number of nitrogens with zero attached hydrogens (tertiary/aromatic N) is 2. The van der Waals surface area contributed by atoms with Crippen molar-refractivity contribution in [2.75, 3.05) is 25.1 Å². The summed E-state index contributed by atoms with van der Waals surface area (Å²) in [5.41, 5.74) is 2.44. The number of hydrogen-bond donors (Lipinski definition) is 0. The number of rotatable bonds is 4. The maximum absolute atomic E-state index is 12.9. The summed E-state index contributed by atoms with van der Waals surface area (Å²) in [6, 6.07) is 11.7. The molecule has 6 heteroatoms. The quantitative estimate of drug-likeness (QED) is 0.740. The Hall–Kier alpha value is -2.60. The van der Waals surface area contributed by atoms with Crippen molar-refractivity contribution >= 4 is 11.7 Å². The minimum Gasteiger partial charge on any atom is -0.465 e. The lowest BCUT2D eigenvalue weighted by molar-refractivity contribution is -0.149. The molecule has 1 aromatic heterocycles. The molecule has 2 aliphatic heterocycles. The first-order chi connectivity index (χ1) is 13.9. The monoisotopic (exact) mass is 396 g/mol. The summed E-state index contributed by atoms with van der Waals surface area (Å²) in [5.74, 6) is 0.581. The molecule has 0 aliphatic carbocycles. The third-order valence-corrected chi connectivity index (χ3v) is 6.36. The van der Waals surface area contributed by atoms with E-state index in [1.165, 1.54) is 5.56 Å². The van der Waals surface area contributed by atoms with Crippen molar-refractivity contribution in [3.05, 3.63) is 63.7 Å². The molecule has 4 rings (SSSR count). The molecular formula is C23H28N2O4. The molecule has 0 radical (unpaired) electrons. The van der Waals surface area contributed by atoms with Crippen LogP contribution in [0.4, 0.5) is 5.69 Å². The van der Waals surface area contributed by atoms with Crippen LogP contribution in [0.3, 0.4) is 0 Å². The van der Waals surface area contributed by atoms with Gasteiger partial charge in [0, 0.05) is 31.1 Å². The molecule has 2 aliphatic rings. The summed E-state index contributed by atoms with van der Waals surface area (Å²) in [4.78, 5) is 29.9. The number of likely N-dealkylation sites (tertiary alicyclic amines) is 1. The summed E-state index contributed by atoms with van der Waals surface area (Å²) in [5, 5.41) is 0. The number of esters is 1. The van der Waals surface area contributed by atoms with Gasteiger partial charge in [-0.1, -0.05) is 37.3 Å². The van der Waals surface area contributed by atoms with Gasteiger partial charge in [-0.25, -0.2) is 4.79 Å². The highest BCUT2D eigenvalue weighted by molar-refractivity contribution is 5.77. The van der Waals surface area contributed by atoms with Crippen molar-refractivity contribution in [1.82, 2.24) is 4.90 Å². The fraction of sp³-hybridized carbons (Fsp3) is 0.478. The minimum absolute atomic E-state index is 0.0659. The van der Waals surface area contributed by atoms with Crippen LogP contribution >= 0.6 is 0 Å². The molecule has 29 heavy (non-hydrogen) atoms. The molecule has 0 saturated carbocycles. The molecule has 3 unspecified atom stereocenters. The van der Waals surface area contributed by atoms with E-state index in [4.69, 9.17) is 9.15 Å². The topological polar surface area (TPSA) is 63.0 Å². The zero-order valence-corrected chi connectivity index (χ0v) is 17.4.